The summed E-state index contributed by atoms with van der Waals surface area (Å²) in [4.78, 5) is 22.3. The van der Waals surface area contributed by atoms with Crippen LogP contribution < -0.4 is 16.0 Å². The van der Waals surface area contributed by atoms with Crippen LogP contribution in [0.15, 0.2) is 6.07 Å². The molecule has 0 atom stereocenters. The lowest BCUT2D eigenvalue weighted by molar-refractivity contribution is -0.116. The third kappa shape index (κ3) is 3.82. The normalized spacial score (nSPS) is 14.1. The van der Waals surface area contributed by atoms with Gasteiger partial charge in [-0.15, -0.1) is 0 Å². The molecule has 3 N–H and O–H groups in total. The summed E-state index contributed by atoms with van der Waals surface area (Å²) in [5, 5.41) is 3.06. The predicted molar refractivity (Wildman–Crippen MR) is 79.9 cm³/mol. The third-order valence-corrected chi connectivity index (χ3v) is 3.38. The van der Waals surface area contributed by atoms with Crippen LogP contribution in [0.4, 0.5) is 11.6 Å². The fourth-order valence-corrected chi connectivity index (χ4v) is 2.08. The van der Waals surface area contributed by atoms with Gasteiger partial charge in [-0.3, -0.25) is 4.79 Å². The molecule has 110 valence electrons. The Morgan fingerprint density at radius 3 is 2.80 bits per heavy atom. The van der Waals surface area contributed by atoms with E-state index in [9.17, 15) is 4.79 Å². The van der Waals surface area contributed by atoms with E-state index in [0.29, 0.717) is 5.92 Å². The van der Waals surface area contributed by atoms with Crippen LogP contribution in [0.1, 0.15) is 44.3 Å². The van der Waals surface area contributed by atoms with Crippen LogP contribution >= 0.6 is 0 Å². The van der Waals surface area contributed by atoms with Gasteiger partial charge in [0.15, 0.2) is 0 Å². The monoisotopic (exact) mass is 277 g/mol. The molecule has 1 amide bonds. The maximum atomic E-state index is 11.3. The Morgan fingerprint density at radius 2 is 2.25 bits per heavy atom. The molecule has 1 aliphatic carbocycles. The summed E-state index contributed by atoms with van der Waals surface area (Å²) >= 11 is 0. The van der Waals surface area contributed by atoms with E-state index in [4.69, 9.17) is 5.73 Å². The van der Waals surface area contributed by atoms with Crippen LogP contribution in [0.5, 0.6) is 0 Å². The standard InChI is InChI=1S/C14H23N5O/c1-3-4-7-19(9-11(15)20)13-8-12(16-2)17-14(18-13)10-5-6-10/h8,10H,3-7,9H2,1-2H3,(H2,15,20)(H,16,17,18). The Kier molecular flexibility index (Phi) is 4.76. The van der Waals surface area contributed by atoms with Gasteiger partial charge >= 0.3 is 0 Å². The molecule has 6 nitrogen and oxygen atoms in total. The van der Waals surface area contributed by atoms with Crippen LogP contribution in [0.3, 0.4) is 0 Å². The number of aromatic nitrogens is 2. The maximum Gasteiger partial charge on any atom is 0.236 e. The molecule has 1 heterocycles. The molecule has 1 saturated carbocycles. The molecule has 2 rings (SSSR count). The number of nitrogens with two attached hydrogens (primary N) is 1. The number of anilines is 2. The van der Waals surface area contributed by atoms with E-state index in [1.54, 1.807) is 0 Å². The van der Waals surface area contributed by atoms with E-state index in [1.807, 2.05) is 18.0 Å². The molecule has 0 saturated heterocycles. The smallest absolute Gasteiger partial charge is 0.236 e. The van der Waals surface area contributed by atoms with Gasteiger partial charge < -0.3 is 16.0 Å². The van der Waals surface area contributed by atoms with Gasteiger partial charge in [-0.1, -0.05) is 13.3 Å². The first-order valence-electron chi connectivity index (χ1n) is 7.24. The van der Waals surface area contributed by atoms with Crippen LogP contribution in [0, 0.1) is 0 Å². The van der Waals surface area contributed by atoms with E-state index >= 15 is 0 Å². The van der Waals surface area contributed by atoms with Crippen molar-refractivity contribution in [3.63, 3.8) is 0 Å². The quantitative estimate of drug-likeness (QED) is 0.752. The minimum atomic E-state index is -0.335. The first-order chi connectivity index (χ1) is 9.63. The first-order valence-corrected chi connectivity index (χ1v) is 7.24. The fraction of sp³-hybridized carbons (Fsp3) is 0.643. The molecule has 1 aliphatic rings. The van der Waals surface area contributed by atoms with Gasteiger partial charge in [-0.25, -0.2) is 9.97 Å². The number of nitrogens with zero attached hydrogens (tertiary/aromatic N) is 3. The number of unbranched alkanes of at least 4 members (excludes halogenated alkanes) is 1. The zero-order chi connectivity index (χ0) is 14.5. The highest BCUT2D eigenvalue weighted by molar-refractivity contribution is 5.79. The van der Waals surface area contributed by atoms with Crippen LogP contribution in [-0.4, -0.2) is 36.0 Å². The van der Waals surface area contributed by atoms with E-state index in [1.165, 1.54) is 0 Å². The van der Waals surface area contributed by atoms with Crippen molar-refractivity contribution in [3.8, 4) is 0 Å². The average Bonchev–Trinajstić information content (AvgIpc) is 3.27. The van der Waals surface area contributed by atoms with Gasteiger partial charge in [-0.2, -0.15) is 0 Å². The summed E-state index contributed by atoms with van der Waals surface area (Å²) in [6.07, 6.45) is 4.37. The summed E-state index contributed by atoms with van der Waals surface area (Å²) < 4.78 is 0. The maximum absolute atomic E-state index is 11.3. The first kappa shape index (κ1) is 14.6. The lowest BCUT2D eigenvalue weighted by Crippen LogP contribution is -2.35. The van der Waals surface area contributed by atoms with E-state index in [2.05, 4.69) is 22.2 Å². The largest absolute Gasteiger partial charge is 0.373 e. The molecule has 1 aromatic rings. The Morgan fingerprint density at radius 1 is 1.50 bits per heavy atom. The second kappa shape index (κ2) is 6.54. The molecule has 0 aromatic carbocycles. The molecule has 0 bridgehead atoms. The summed E-state index contributed by atoms with van der Waals surface area (Å²) in [6.45, 7) is 3.10. The highest BCUT2D eigenvalue weighted by Crippen LogP contribution is 2.39. The van der Waals surface area contributed by atoms with Crippen molar-refractivity contribution < 1.29 is 4.79 Å². The molecule has 6 heteroatoms. The third-order valence-electron chi connectivity index (χ3n) is 3.38. The molecule has 20 heavy (non-hydrogen) atoms. The highest BCUT2D eigenvalue weighted by atomic mass is 16.1. The van der Waals surface area contributed by atoms with Gasteiger partial charge in [0.05, 0.1) is 6.54 Å². The summed E-state index contributed by atoms with van der Waals surface area (Å²) in [5.41, 5.74) is 5.34. The second-order valence-electron chi connectivity index (χ2n) is 5.24. The predicted octanol–water partition coefficient (Wildman–Crippen LogP) is 1.49. The van der Waals surface area contributed by atoms with Crippen molar-refractivity contribution >= 4 is 17.5 Å². The number of primary amides is 1. The number of rotatable bonds is 8. The van der Waals surface area contributed by atoms with Crippen molar-refractivity contribution in [2.75, 3.05) is 30.4 Å². The Balaban J connectivity index is 2.24. The number of amides is 1. The molecule has 0 unspecified atom stereocenters. The van der Waals surface area contributed by atoms with Crippen LogP contribution in [-0.2, 0) is 4.79 Å². The van der Waals surface area contributed by atoms with Crippen LogP contribution in [0.2, 0.25) is 0 Å². The second-order valence-corrected chi connectivity index (χ2v) is 5.24. The van der Waals surface area contributed by atoms with Crippen molar-refractivity contribution in [3.05, 3.63) is 11.9 Å². The zero-order valence-electron chi connectivity index (χ0n) is 12.2. The topological polar surface area (TPSA) is 84.1 Å². The minimum Gasteiger partial charge on any atom is -0.373 e. The highest BCUT2D eigenvalue weighted by Gasteiger charge is 2.28. The van der Waals surface area contributed by atoms with Crippen molar-refractivity contribution in [1.29, 1.82) is 0 Å². The van der Waals surface area contributed by atoms with Crippen molar-refractivity contribution in [2.45, 2.75) is 38.5 Å². The lowest BCUT2D eigenvalue weighted by Gasteiger charge is -2.23. The number of carbonyl (C=O) groups is 1. The number of carbonyl (C=O) groups excluding carboxylic acids is 1. The van der Waals surface area contributed by atoms with Gasteiger partial charge in [0.1, 0.15) is 17.5 Å². The van der Waals surface area contributed by atoms with E-state index < -0.39 is 0 Å². The Labute approximate surface area is 119 Å². The molecule has 1 aromatic heterocycles. The Bertz CT molecular complexity index is 473. The molecule has 0 radical (unpaired) electrons. The van der Waals surface area contributed by atoms with Gasteiger partial charge in [-0.05, 0) is 19.3 Å². The van der Waals surface area contributed by atoms with E-state index in [0.717, 1.165) is 49.7 Å². The molecule has 0 spiro atoms. The minimum absolute atomic E-state index is 0.199. The zero-order valence-corrected chi connectivity index (χ0v) is 12.2. The fourth-order valence-electron chi connectivity index (χ4n) is 2.08. The SMILES string of the molecule is CCCCN(CC(N)=O)c1cc(NC)nc(C2CC2)n1. The Hall–Kier alpha value is -1.85. The summed E-state index contributed by atoms with van der Waals surface area (Å²) in [7, 11) is 1.84. The van der Waals surface area contributed by atoms with Gasteiger partial charge in [0.2, 0.25) is 5.91 Å². The molecular weight excluding hydrogens is 254 g/mol. The number of hydrogen-bond donors (Lipinski definition) is 2. The summed E-state index contributed by atoms with van der Waals surface area (Å²) in [6, 6.07) is 1.88. The summed E-state index contributed by atoms with van der Waals surface area (Å²) in [5.74, 6) is 2.60. The number of nitrogens with one attached hydrogen (secondary N) is 1. The van der Waals surface area contributed by atoms with Crippen molar-refractivity contribution in [2.24, 2.45) is 5.73 Å². The molecule has 0 aliphatic heterocycles. The average molecular weight is 277 g/mol. The molecule has 1 fully saturated rings. The van der Waals surface area contributed by atoms with Gasteiger partial charge in [0.25, 0.3) is 0 Å². The lowest BCUT2D eigenvalue weighted by atomic mass is 10.3. The van der Waals surface area contributed by atoms with Gasteiger partial charge in [0, 0.05) is 25.6 Å². The van der Waals surface area contributed by atoms with Crippen molar-refractivity contribution in [1.82, 2.24) is 9.97 Å². The van der Waals surface area contributed by atoms with Crippen LogP contribution in [0.25, 0.3) is 0 Å². The van der Waals surface area contributed by atoms with E-state index in [-0.39, 0.29) is 12.5 Å². The number of hydrogen-bond acceptors (Lipinski definition) is 5. The molecular formula is C14H23N5O.